The zero-order valence-electron chi connectivity index (χ0n) is 17.2. The summed E-state index contributed by atoms with van der Waals surface area (Å²) >= 11 is 0. The predicted octanol–water partition coefficient (Wildman–Crippen LogP) is 2.63. The number of benzene rings is 2. The Hall–Kier alpha value is -4.08. The number of anilines is 1. The van der Waals surface area contributed by atoms with Crippen LogP contribution in [0.4, 0.5) is 5.69 Å². The van der Waals surface area contributed by atoms with Crippen molar-refractivity contribution >= 4 is 17.6 Å². The monoisotopic (exact) mass is 427 g/mol. The molecule has 0 atom stereocenters. The van der Waals surface area contributed by atoms with E-state index >= 15 is 0 Å². The van der Waals surface area contributed by atoms with Gasteiger partial charge in [-0.1, -0.05) is 23.4 Å². The molecular formula is C21H21N3O7. The number of carbonyl (C=O) groups is 2. The largest absolute Gasteiger partial charge is 0.495 e. The summed E-state index contributed by atoms with van der Waals surface area (Å²) in [5.41, 5.74) is 0.720. The Morgan fingerprint density at radius 3 is 2.45 bits per heavy atom. The maximum Gasteiger partial charge on any atom is 0.342 e. The number of para-hydroxylation sites is 3. The first-order valence-corrected chi connectivity index (χ1v) is 9.18. The van der Waals surface area contributed by atoms with E-state index in [0.29, 0.717) is 17.2 Å². The smallest absolute Gasteiger partial charge is 0.342 e. The van der Waals surface area contributed by atoms with Gasteiger partial charge in [-0.25, -0.2) is 4.79 Å². The third-order valence-corrected chi connectivity index (χ3v) is 4.16. The minimum Gasteiger partial charge on any atom is -0.495 e. The van der Waals surface area contributed by atoms with E-state index in [4.69, 9.17) is 23.5 Å². The lowest BCUT2D eigenvalue weighted by Crippen LogP contribution is -2.15. The van der Waals surface area contributed by atoms with Crippen LogP contribution in [0.15, 0.2) is 47.0 Å². The van der Waals surface area contributed by atoms with Crippen LogP contribution in [0.25, 0.3) is 0 Å². The van der Waals surface area contributed by atoms with Gasteiger partial charge in [0.05, 0.1) is 33.4 Å². The molecule has 10 heteroatoms. The van der Waals surface area contributed by atoms with Crippen molar-refractivity contribution in [3.05, 3.63) is 59.7 Å². The fourth-order valence-electron chi connectivity index (χ4n) is 2.76. The van der Waals surface area contributed by atoms with Crippen LogP contribution < -0.4 is 19.5 Å². The lowest BCUT2D eigenvalue weighted by molar-refractivity contribution is -0.115. The highest BCUT2D eigenvalue weighted by molar-refractivity contribution is 5.94. The third kappa shape index (κ3) is 5.30. The number of rotatable bonds is 9. The van der Waals surface area contributed by atoms with Crippen LogP contribution in [0, 0.1) is 0 Å². The normalized spacial score (nSPS) is 10.3. The second kappa shape index (κ2) is 10.1. The highest BCUT2D eigenvalue weighted by Gasteiger charge is 2.19. The van der Waals surface area contributed by atoms with E-state index in [-0.39, 0.29) is 42.0 Å². The topological polar surface area (TPSA) is 122 Å². The molecule has 162 valence electrons. The number of hydrogen-bond acceptors (Lipinski definition) is 9. The molecule has 0 saturated carbocycles. The second-order valence-electron chi connectivity index (χ2n) is 6.15. The van der Waals surface area contributed by atoms with Gasteiger partial charge in [0.15, 0.2) is 23.9 Å². The number of nitrogens with one attached hydrogen (secondary N) is 1. The highest BCUT2D eigenvalue weighted by atomic mass is 16.6. The molecule has 2 aromatic carbocycles. The molecule has 0 radical (unpaired) electrons. The van der Waals surface area contributed by atoms with Crippen molar-refractivity contribution in [3.63, 3.8) is 0 Å². The van der Waals surface area contributed by atoms with E-state index in [0.717, 1.165) is 0 Å². The maximum absolute atomic E-state index is 12.4. The predicted molar refractivity (Wildman–Crippen MR) is 108 cm³/mol. The van der Waals surface area contributed by atoms with Crippen LogP contribution in [0.2, 0.25) is 0 Å². The first kappa shape index (κ1) is 21.6. The zero-order valence-corrected chi connectivity index (χ0v) is 17.2. The number of carbonyl (C=O) groups excluding carboxylic acids is 2. The van der Waals surface area contributed by atoms with E-state index in [1.165, 1.54) is 21.3 Å². The van der Waals surface area contributed by atoms with E-state index in [2.05, 4.69) is 15.5 Å². The highest BCUT2D eigenvalue weighted by Crippen LogP contribution is 2.31. The Bertz CT molecular complexity index is 1060. The van der Waals surface area contributed by atoms with E-state index in [9.17, 15) is 9.59 Å². The van der Waals surface area contributed by atoms with Crippen molar-refractivity contribution in [2.24, 2.45) is 0 Å². The number of aromatic nitrogens is 2. The summed E-state index contributed by atoms with van der Waals surface area (Å²) in [5, 5.41) is 6.46. The minimum atomic E-state index is -0.649. The summed E-state index contributed by atoms with van der Waals surface area (Å²) in [5.74, 6) is 0.393. The Labute approximate surface area is 178 Å². The summed E-state index contributed by atoms with van der Waals surface area (Å²) in [7, 11) is 4.41. The molecule has 0 saturated heterocycles. The molecule has 0 aliphatic rings. The van der Waals surface area contributed by atoms with Crippen LogP contribution in [-0.4, -0.2) is 43.3 Å². The SMILES string of the molecule is COc1ccccc1NC(=O)Cc1noc(COC(=O)c2cccc(OC)c2OC)n1. The molecule has 10 nitrogen and oxygen atoms in total. The van der Waals surface area contributed by atoms with Gasteiger partial charge < -0.3 is 28.8 Å². The standard InChI is InChI=1S/C21H21N3O7/c1-27-15-9-5-4-8-14(15)22-18(25)11-17-23-19(31-24-17)12-30-21(26)13-7-6-10-16(28-2)20(13)29-3/h4-10H,11-12H2,1-3H3,(H,22,25). The lowest BCUT2D eigenvalue weighted by atomic mass is 10.2. The Balaban J connectivity index is 1.58. The van der Waals surface area contributed by atoms with Crippen LogP contribution in [-0.2, 0) is 22.6 Å². The number of hydrogen-bond donors (Lipinski definition) is 1. The molecule has 1 aromatic heterocycles. The molecule has 3 rings (SSSR count). The van der Waals surface area contributed by atoms with E-state index < -0.39 is 5.97 Å². The van der Waals surface area contributed by atoms with Crippen molar-refractivity contribution in [1.29, 1.82) is 0 Å². The van der Waals surface area contributed by atoms with Gasteiger partial charge in [-0.05, 0) is 24.3 Å². The van der Waals surface area contributed by atoms with Crippen molar-refractivity contribution in [2.75, 3.05) is 26.6 Å². The molecule has 1 heterocycles. The zero-order chi connectivity index (χ0) is 22.2. The van der Waals surface area contributed by atoms with Crippen LogP contribution in [0.5, 0.6) is 17.2 Å². The third-order valence-electron chi connectivity index (χ3n) is 4.16. The van der Waals surface area contributed by atoms with Gasteiger partial charge in [0.25, 0.3) is 5.89 Å². The van der Waals surface area contributed by atoms with E-state index in [1.54, 1.807) is 42.5 Å². The average Bonchev–Trinajstić information content (AvgIpc) is 3.24. The number of esters is 1. The number of methoxy groups -OCH3 is 3. The maximum atomic E-state index is 12.4. The molecule has 31 heavy (non-hydrogen) atoms. The molecule has 0 aliphatic carbocycles. The molecule has 0 bridgehead atoms. The second-order valence-corrected chi connectivity index (χ2v) is 6.15. The molecule has 1 amide bonds. The minimum absolute atomic E-state index is 0.0512. The van der Waals surface area contributed by atoms with Crippen LogP contribution in [0.3, 0.4) is 0 Å². The Morgan fingerprint density at radius 2 is 1.71 bits per heavy atom. The van der Waals surface area contributed by atoms with Gasteiger partial charge in [0.2, 0.25) is 5.91 Å². The summed E-state index contributed by atoms with van der Waals surface area (Å²) < 4.78 is 25.8. The number of ether oxygens (including phenoxy) is 4. The van der Waals surface area contributed by atoms with Gasteiger partial charge in [-0.2, -0.15) is 4.98 Å². The van der Waals surface area contributed by atoms with Crippen molar-refractivity contribution in [2.45, 2.75) is 13.0 Å². The van der Waals surface area contributed by atoms with Crippen molar-refractivity contribution < 1.29 is 33.1 Å². The fraction of sp³-hybridized carbons (Fsp3) is 0.238. The Kier molecular flexibility index (Phi) is 7.05. The molecule has 0 unspecified atom stereocenters. The van der Waals surface area contributed by atoms with Crippen molar-refractivity contribution in [1.82, 2.24) is 10.1 Å². The summed E-state index contributed by atoms with van der Waals surface area (Å²) in [4.78, 5) is 28.7. The van der Waals surface area contributed by atoms with Gasteiger partial charge >= 0.3 is 5.97 Å². The fourth-order valence-corrected chi connectivity index (χ4v) is 2.76. The molecule has 0 fully saturated rings. The molecule has 3 aromatic rings. The quantitative estimate of drug-likeness (QED) is 0.513. The van der Waals surface area contributed by atoms with Gasteiger partial charge in [-0.15, -0.1) is 0 Å². The number of amides is 1. The molecular weight excluding hydrogens is 406 g/mol. The van der Waals surface area contributed by atoms with Gasteiger partial charge in [-0.3, -0.25) is 4.79 Å². The van der Waals surface area contributed by atoms with Gasteiger partial charge in [0, 0.05) is 0 Å². The summed E-state index contributed by atoms with van der Waals surface area (Å²) in [6, 6.07) is 11.9. The van der Waals surface area contributed by atoms with Crippen LogP contribution in [0.1, 0.15) is 22.1 Å². The van der Waals surface area contributed by atoms with E-state index in [1.807, 2.05) is 0 Å². The Morgan fingerprint density at radius 1 is 0.968 bits per heavy atom. The first-order chi connectivity index (χ1) is 15.0. The first-order valence-electron chi connectivity index (χ1n) is 9.18. The summed E-state index contributed by atoms with van der Waals surface area (Å²) in [6.07, 6.45) is -0.126. The number of nitrogens with zero attached hydrogens (tertiary/aromatic N) is 2. The molecule has 1 N–H and O–H groups in total. The van der Waals surface area contributed by atoms with Crippen LogP contribution >= 0.6 is 0 Å². The molecule has 0 aliphatic heterocycles. The summed E-state index contributed by atoms with van der Waals surface area (Å²) in [6.45, 7) is -0.264. The van der Waals surface area contributed by atoms with Gasteiger partial charge in [0.1, 0.15) is 11.3 Å². The lowest BCUT2D eigenvalue weighted by Gasteiger charge is -2.11. The van der Waals surface area contributed by atoms with Crippen molar-refractivity contribution in [3.8, 4) is 17.2 Å². The molecule has 0 spiro atoms. The average molecular weight is 427 g/mol.